The molecule has 106 valence electrons. The number of halogens is 2. The fourth-order valence-electron chi connectivity index (χ4n) is 1.69. The molecule has 4 nitrogen and oxygen atoms in total. The lowest BCUT2D eigenvalue weighted by Gasteiger charge is -2.12. The van der Waals surface area contributed by atoms with E-state index in [1.54, 1.807) is 13.1 Å². The predicted octanol–water partition coefficient (Wildman–Crippen LogP) is 3.97. The van der Waals surface area contributed by atoms with Crippen molar-refractivity contribution in [1.29, 1.82) is 0 Å². The molecule has 0 saturated heterocycles. The summed E-state index contributed by atoms with van der Waals surface area (Å²) in [5.74, 6) is 1.58. The first-order valence-electron chi connectivity index (χ1n) is 6.23. The van der Waals surface area contributed by atoms with Crippen molar-refractivity contribution < 1.29 is 9.13 Å². The standard InChI is InChI=1S/C14H15ClFN3O/c1-4-12-18-13(17-3)8(2)14(19-12)20-9-5-6-10(15)11(16)7-9/h5-7H,4H2,1-3H3,(H,17,18,19). The minimum atomic E-state index is -0.527. The number of ether oxygens (including phenoxy) is 1. The molecule has 1 aromatic heterocycles. The van der Waals surface area contributed by atoms with Gasteiger partial charge in [-0.05, 0) is 19.1 Å². The van der Waals surface area contributed by atoms with Crippen LogP contribution in [0.2, 0.25) is 5.02 Å². The third kappa shape index (κ3) is 2.99. The van der Waals surface area contributed by atoms with Gasteiger partial charge in [-0.1, -0.05) is 18.5 Å². The lowest BCUT2D eigenvalue weighted by atomic mass is 10.3. The number of rotatable bonds is 4. The van der Waals surface area contributed by atoms with Gasteiger partial charge < -0.3 is 10.1 Å². The molecular formula is C14H15ClFN3O. The molecule has 20 heavy (non-hydrogen) atoms. The maximum absolute atomic E-state index is 13.4. The van der Waals surface area contributed by atoms with Crippen molar-refractivity contribution in [2.45, 2.75) is 20.3 Å². The zero-order valence-electron chi connectivity index (χ0n) is 11.5. The van der Waals surface area contributed by atoms with Crippen LogP contribution in [-0.2, 0) is 6.42 Å². The molecule has 0 radical (unpaired) electrons. The van der Waals surface area contributed by atoms with E-state index in [1.807, 2.05) is 13.8 Å². The van der Waals surface area contributed by atoms with Crippen molar-refractivity contribution in [3.05, 3.63) is 40.4 Å². The van der Waals surface area contributed by atoms with Crippen molar-refractivity contribution in [2.75, 3.05) is 12.4 Å². The normalized spacial score (nSPS) is 10.4. The van der Waals surface area contributed by atoms with E-state index in [4.69, 9.17) is 16.3 Å². The summed E-state index contributed by atoms with van der Waals surface area (Å²) in [4.78, 5) is 8.66. The molecule has 0 aliphatic rings. The van der Waals surface area contributed by atoms with Crippen LogP contribution in [0.25, 0.3) is 0 Å². The second-order valence-electron chi connectivity index (χ2n) is 4.20. The van der Waals surface area contributed by atoms with Gasteiger partial charge in [-0.3, -0.25) is 0 Å². The summed E-state index contributed by atoms with van der Waals surface area (Å²) in [6.45, 7) is 3.79. The van der Waals surface area contributed by atoms with Gasteiger partial charge in [0.25, 0.3) is 0 Å². The Labute approximate surface area is 122 Å². The van der Waals surface area contributed by atoms with Gasteiger partial charge in [0.2, 0.25) is 5.88 Å². The first-order valence-corrected chi connectivity index (χ1v) is 6.61. The number of aromatic nitrogens is 2. The first kappa shape index (κ1) is 14.5. The fraction of sp³-hybridized carbons (Fsp3) is 0.286. The molecule has 0 bridgehead atoms. The maximum Gasteiger partial charge on any atom is 0.227 e. The molecule has 1 aromatic carbocycles. The smallest absolute Gasteiger partial charge is 0.227 e. The monoisotopic (exact) mass is 295 g/mol. The second kappa shape index (κ2) is 6.05. The average molecular weight is 296 g/mol. The lowest BCUT2D eigenvalue weighted by Crippen LogP contribution is -2.04. The van der Waals surface area contributed by atoms with Crippen molar-refractivity contribution in [2.24, 2.45) is 0 Å². The molecule has 2 aromatic rings. The lowest BCUT2D eigenvalue weighted by molar-refractivity contribution is 0.450. The van der Waals surface area contributed by atoms with Crippen LogP contribution in [-0.4, -0.2) is 17.0 Å². The summed E-state index contributed by atoms with van der Waals surface area (Å²) < 4.78 is 19.1. The van der Waals surface area contributed by atoms with Crippen LogP contribution in [0.3, 0.4) is 0 Å². The highest BCUT2D eigenvalue weighted by molar-refractivity contribution is 6.30. The van der Waals surface area contributed by atoms with Crippen molar-refractivity contribution in [3.63, 3.8) is 0 Å². The summed E-state index contributed by atoms with van der Waals surface area (Å²) in [7, 11) is 1.78. The molecule has 0 fully saturated rings. The minimum absolute atomic E-state index is 0.0573. The quantitative estimate of drug-likeness (QED) is 0.927. The van der Waals surface area contributed by atoms with E-state index in [0.29, 0.717) is 29.7 Å². The van der Waals surface area contributed by atoms with E-state index in [2.05, 4.69) is 15.3 Å². The SMILES string of the molecule is CCc1nc(NC)c(C)c(Oc2ccc(Cl)c(F)c2)n1. The second-order valence-corrected chi connectivity index (χ2v) is 4.61. The third-order valence-electron chi connectivity index (χ3n) is 2.81. The number of benzene rings is 1. The summed E-state index contributed by atoms with van der Waals surface area (Å²) in [6, 6.07) is 4.27. The van der Waals surface area contributed by atoms with Crippen LogP contribution in [0.5, 0.6) is 11.6 Å². The molecule has 2 rings (SSSR count). The zero-order chi connectivity index (χ0) is 14.7. The summed E-state index contributed by atoms with van der Waals surface area (Å²) >= 11 is 5.64. The summed E-state index contributed by atoms with van der Waals surface area (Å²) in [6.07, 6.45) is 0.681. The van der Waals surface area contributed by atoms with Crippen LogP contribution >= 0.6 is 11.6 Å². The highest BCUT2D eigenvalue weighted by Crippen LogP contribution is 2.29. The van der Waals surface area contributed by atoms with E-state index in [-0.39, 0.29) is 5.02 Å². The first-order chi connectivity index (χ1) is 9.55. The number of hydrogen-bond acceptors (Lipinski definition) is 4. The highest BCUT2D eigenvalue weighted by atomic mass is 35.5. The van der Waals surface area contributed by atoms with E-state index in [1.165, 1.54) is 12.1 Å². The number of hydrogen-bond donors (Lipinski definition) is 1. The molecule has 0 saturated carbocycles. The Hall–Kier alpha value is -1.88. The van der Waals surface area contributed by atoms with Gasteiger partial charge in [0, 0.05) is 19.5 Å². The Balaban J connectivity index is 2.39. The Kier molecular flexibility index (Phi) is 4.39. The molecule has 0 amide bonds. The average Bonchev–Trinajstić information content (AvgIpc) is 2.45. The van der Waals surface area contributed by atoms with Gasteiger partial charge in [-0.25, -0.2) is 9.37 Å². The van der Waals surface area contributed by atoms with Crippen molar-refractivity contribution in [1.82, 2.24) is 9.97 Å². The van der Waals surface area contributed by atoms with Crippen molar-refractivity contribution >= 4 is 17.4 Å². The summed E-state index contributed by atoms with van der Waals surface area (Å²) in [5.41, 5.74) is 0.764. The van der Waals surface area contributed by atoms with Gasteiger partial charge in [0.05, 0.1) is 10.6 Å². The largest absolute Gasteiger partial charge is 0.438 e. The fourth-order valence-corrected chi connectivity index (χ4v) is 1.81. The Morgan fingerprint density at radius 2 is 2.10 bits per heavy atom. The van der Waals surface area contributed by atoms with Crippen LogP contribution in [0, 0.1) is 12.7 Å². The Bertz CT molecular complexity index is 634. The zero-order valence-corrected chi connectivity index (χ0v) is 12.3. The van der Waals surface area contributed by atoms with E-state index >= 15 is 0 Å². The topological polar surface area (TPSA) is 47.0 Å². The number of nitrogens with zero attached hydrogens (tertiary/aromatic N) is 2. The van der Waals surface area contributed by atoms with Crippen LogP contribution < -0.4 is 10.1 Å². The van der Waals surface area contributed by atoms with Gasteiger partial charge in [0.15, 0.2) is 0 Å². The van der Waals surface area contributed by atoms with E-state index in [9.17, 15) is 4.39 Å². The molecule has 0 aliphatic heterocycles. The molecule has 0 atom stereocenters. The number of anilines is 1. The molecule has 0 spiro atoms. The molecule has 1 heterocycles. The third-order valence-corrected chi connectivity index (χ3v) is 3.11. The summed E-state index contributed by atoms with van der Waals surface area (Å²) in [5, 5.41) is 3.05. The van der Waals surface area contributed by atoms with Crippen molar-refractivity contribution in [3.8, 4) is 11.6 Å². The van der Waals surface area contributed by atoms with Crippen LogP contribution in [0.1, 0.15) is 18.3 Å². The van der Waals surface area contributed by atoms with Gasteiger partial charge in [0.1, 0.15) is 23.2 Å². The van der Waals surface area contributed by atoms with Crippen LogP contribution in [0.4, 0.5) is 10.2 Å². The minimum Gasteiger partial charge on any atom is -0.438 e. The van der Waals surface area contributed by atoms with Gasteiger partial charge in [-0.2, -0.15) is 4.98 Å². The Morgan fingerprint density at radius 1 is 1.35 bits per heavy atom. The molecule has 1 N–H and O–H groups in total. The molecular weight excluding hydrogens is 281 g/mol. The number of nitrogens with one attached hydrogen (secondary N) is 1. The Morgan fingerprint density at radius 3 is 2.70 bits per heavy atom. The predicted molar refractivity (Wildman–Crippen MR) is 77.2 cm³/mol. The number of aryl methyl sites for hydroxylation is 1. The van der Waals surface area contributed by atoms with E-state index in [0.717, 1.165) is 5.56 Å². The maximum atomic E-state index is 13.4. The highest BCUT2D eigenvalue weighted by Gasteiger charge is 2.12. The molecule has 0 aliphatic carbocycles. The van der Waals surface area contributed by atoms with Crippen LogP contribution in [0.15, 0.2) is 18.2 Å². The van der Waals surface area contributed by atoms with Gasteiger partial charge in [-0.15, -0.1) is 0 Å². The molecule has 0 unspecified atom stereocenters. The van der Waals surface area contributed by atoms with Gasteiger partial charge >= 0.3 is 0 Å². The molecule has 6 heteroatoms. The van der Waals surface area contributed by atoms with E-state index < -0.39 is 5.82 Å².